The molecule has 0 saturated heterocycles. The van der Waals surface area contributed by atoms with Crippen molar-refractivity contribution in [1.29, 1.82) is 0 Å². The van der Waals surface area contributed by atoms with Crippen molar-refractivity contribution in [2.24, 2.45) is 5.73 Å². The predicted molar refractivity (Wildman–Crippen MR) is 65.4 cm³/mol. The maximum Gasteiger partial charge on any atom is 0.125 e. The first-order valence-electron chi connectivity index (χ1n) is 5.47. The maximum atomic E-state index is 6.21. The molecule has 0 aliphatic heterocycles. The third kappa shape index (κ3) is 1.89. The van der Waals surface area contributed by atoms with E-state index in [1.54, 1.807) is 0 Å². The van der Waals surface area contributed by atoms with Crippen LogP contribution in [0.1, 0.15) is 34.3 Å². The predicted octanol–water partition coefficient (Wildman–Crippen LogP) is 3.25. The van der Waals surface area contributed by atoms with E-state index in [9.17, 15) is 0 Å². The SMILES string of the molecule is Cc1ccc(C(N)c2cccc(C)c2C)o1. The van der Waals surface area contributed by atoms with Crippen LogP contribution in [0.5, 0.6) is 0 Å². The van der Waals surface area contributed by atoms with Crippen LogP contribution in [0.4, 0.5) is 0 Å². The second kappa shape index (κ2) is 4.14. The zero-order valence-corrected chi connectivity index (χ0v) is 9.95. The molecule has 1 aromatic carbocycles. The summed E-state index contributed by atoms with van der Waals surface area (Å²) in [5.41, 5.74) is 9.84. The van der Waals surface area contributed by atoms with Crippen molar-refractivity contribution in [3.8, 4) is 0 Å². The molecule has 2 aromatic rings. The molecule has 2 N–H and O–H groups in total. The van der Waals surface area contributed by atoms with Crippen LogP contribution >= 0.6 is 0 Å². The van der Waals surface area contributed by atoms with E-state index in [1.165, 1.54) is 11.1 Å². The van der Waals surface area contributed by atoms with E-state index < -0.39 is 0 Å². The topological polar surface area (TPSA) is 39.2 Å². The molecule has 0 aliphatic rings. The number of hydrogen-bond acceptors (Lipinski definition) is 2. The van der Waals surface area contributed by atoms with Crippen molar-refractivity contribution in [3.63, 3.8) is 0 Å². The van der Waals surface area contributed by atoms with E-state index in [1.807, 2.05) is 25.1 Å². The van der Waals surface area contributed by atoms with Crippen LogP contribution in [0, 0.1) is 20.8 Å². The summed E-state index contributed by atoms with van der Waals surface area (Å²) in [7, 11) is 0. The summed E-state index contributed by atoms with van der Waals surface area (Å²) in [5.74, 6) is 1.72. The van der Waals surface area contributed by atoms with E-state index in [4.69, 9.17) is 10.2 Å². The lowest BCUT2D eigenvalue weighted by Gasteiger charge is -2.14. The van der Waals surface area contributed by atoms with Crippen molar-refractivity contribution in [2.45, 2.75) is 26.8 Å². The van der Waals surface area contributed by atoms with Gasteiger partial charge in [-0.15, -0.1) is 0 Å². The number of rotatable bonds is 2. The zero-order chi connectivity index (χ0) is 11.7. The highest BCUT2D eigenvalue weighted by atomic mass is 16.3. The summed E-state index contributed by atoms with van der Waals surface area (Å²) in [6.45, 7) is 6.12. The Balaban J connectivity index is 2.41. The van der Waals surface area contributed by atoms with Crippen molar-refractivity contribution < 1.29 is 4.42 Å². The molecule has 1 atom stereocenters. The Kier molecular flexibility index (Phi) is 2.84. The molecule has 16 heavy (non-hydrogen) atoms. The molecule has 2 nitrogen and oxygen atoms in total. The molecule has 1 unspecified atom stereocenters. The van der Waals surface area contributed by atoms with Gasteiger partial charge >= 0.3 is 0 Å². The Morgan fingerprint density at radius 2 is 1.81 bits per heavy atom. The first kappa shape index (κ1) is 11.0. The number of benzene rings is 1. The highest BCUT2D eigenvalue weighted by Crippen LogP contribution is 2.25. The number of hydrogen-bond donors (Lipinski definition) is 1. The summed E-state index contributed by atoms with van der Waals surface area (Å²) >= 11 is 0. The Labute approximate surface area is 96.1 Å². The largest absolute Gasteiger partial charge is 0.464 e. The van der Waals surface area contributed by atoms with Crippen LogP contribution in [-0.4, -0.2) is 0 Å². The first-order valence-corrected chi connectivity index (χ1v) is 5.47. The monoisotopic (exact) mass is 215 g/mol. The third-order valence-electron chi connectivity index (χ3n) is 3.05. The standard InChI is InChI=1S/C14H17NO/c1-9-5-4-6-12(11(9)3)14(15)13-8-7-10(2)16-13/h4-8,14H,15H2,1-3H3. The summed E-state index contributed by atoms with van der Waals surface area (Å²) in [4.78, 5) is 0. The van der Waals surface area contributed by atoms with Crippen LogP contribution in [0.3, 0.4) is 0 Å². The fraction of sp³-hybridized carbons (Fsp3) is 0.286. The van der Waals surface area contributed by atoms with Crippen molar-refractivity contribution in [2.75, 3.05) is 0 Å². The highest BCUT2D eigenvalue weighted by molar-refractivity contribution is 5.38. The molecule has 0 saturated carbocycles. The summed E-state index contributed by atoms with van der Waals surface area (Å²) in [5, 5.41) is 0. The maximum absolute atomic E-state index is 6.21. The lowest BCUT2D eigenvalue weighted by Crippen LogP contribution is -2.12. The van der Waals surface area contributed by atoms with E-state index in [0.29, 0.717) is 0 Å². The van der Waals surface area contributed by atoms with Gasteiger partial charge in [-0.05, 0) is 49.6 Å². The lowest BCUT2D eigenvalue weighted by molar-refractivity contribution is 0.465. The molecule has 2 rings (SSSR count). The number of aryl methyl sites for hydroxylation is 2. The minimum Gasteiger partial charge on any atom is -0.464 e. The molecule has 0 spiro atoms. The van der Waals surface area contributed by atoms with Gasteiger partial charge in [-0.3, -0.25) is 0 Å². The van der Waals surface area contributed by atoms with Crippen LogP contribution in [-0.2, 0) is 0 Å². The van der Waals surface area contributed by atoms with Gasteiger partial charge in [0.2, 0.25) is 0 Å². The van der Waals surface area contributed by atoms with E-state index in [0.717, 1.165) is 17.1 Å². The second-order valence-corrected chi connectivity index (χ2v) is 4.22. The molecule has 0 aliphatic carbocycles. The minimum absolute atomic E-state index is 0.173. The summed E-state index contributed by atoms with van der Waals surface area (Å²) in [6, 6.07) is 9.91. The van der Waals surface area contributed by atoms with Crippen LogP contribution in [0.2, 0.25) is 0 Å². The Morgan fingerprint density at radius 3 is 2.44 bits per heavy atom. The minimum atomic E-state index is -0.173. The molecule has 1 aromatic heterocycles. The molecular weight excluding hydrogens is 198 g/mol. The van der Waals surface area contributed by atoms with Gasteiger partial charge in [0.15, 0.2) is 0 Å². The highest BCUT2D eigenvalue weighted by Gasteiger charge is 2.15. The average molecular weight is 215 g/mol. The lowest BCUT2D eigenvalue weighted by atomic mass is 9.97. The van der Waals surface area contributed by atoms with Crippen molar-refractivity contribution in [1.82, 2.24) is 0 Å². The van der Waals surface area contributed by atoms with Gasteiger partial charge < -0.3 is 10.2 Å². The molecular formula is C14H17NO. The zero-order valence-electron chi connectivity index (χ0n) is 9.95. The average Bonchev–Trinajstić information content (AvgIpc) is 2.68. The van der Waals surface area contributed by atoms with Crippen LogP contribution < -0.4 is 5.73 Å². The van der Waals surface area contributed by atoms with Crippen molar-refractivity contribution in [3.05, 3.63) is 58.5 Å². The second-order valence-electron chi connectivity index (χ2n) is 4.22. The van der Waals surface area contributed by atoms with Gasteiger partial charge in [-0.1, -0.05) is 18.2 Å². The van der Waals surface area contributed by atoms with Gasteiger partial charge in [0, 0.05) is 0 Å². The Morgan fingerprint density at radius 1 is 1.06 bits per heavy atom. The fourth-order valence-corrected chi connectivity index (χ4v) is 1.88. The normalized spacial score (nSPS) is 12.8. The molecule has 1 heterocycles. The van der Waals surface area contributed by atoms with Gasteiger partial charge in [0.25, 0.3) is 0 Å². The van der Waals surface area contributed by atoms with E-state index >= 15 is 0 Å². The van der Waals surface area contributed by atoms with E-state index in [-0.39, 0.29) is 6.04 Å². The molecule has 0 amide bonds. The Hall–Kier alpha value is -1.54. The molecule has 2 heteroatoms. The Bertz CT molecular complexity index is 499. The van der Waals surface area contributed by atoms with Gasteiger partial charge in [0.1, 0.15) is 11.5 Å². The van der Waals surface area contributed by atoms with Gasteiger partial charge in [0.05, 0.1) is 6.04 Å². The fourth-order valence-electron chi connectivity index (χ4n) is 1.88. The summed E-state index contributed by atoms with van der Waals surface area (Å²) < 4.78 is 5.57. The molecule has 0 fully saturated rings. The van der Waals surface area contributed by atoms with Gasteiger partial charge in [-0.2, -0.15) is 0 Å². The third-order valence-corrected chi connectivity index (χ3v) is 3.05. The quantitative estimate of drug-likeness (QED) is 0.835. The molecule has 0 bridgehead atoms. The summed E-state index contributed by atoms with van der Waals surface area (Å²) in [6.07, 6.45) is 0. The van der Waals surface area contributed by atoms with E-state index in [2.05, 4.69) is 26.0 Å². The number of furan rings is 1. The van der Waals surface area contributed by atoms with Crippen LogP contribution in [0.25, 0.3) is 0 Å². The first-order chi connectivity index (χ1) is 7.59. The van der Waals surface area contributed by atoms with Crippen molar-refractivity contribution >= 4 is 0 Å². The molecule has 84 valence electrons. The van der Waals surface area contributed by atoms with Gasteiger partial charge in [-0.25, -0.2) is 0 Å². The smallest absolute Gasteiger partial charge is 0.125 e. The molecule has 0 radical (unpaired) electrons. The number of nitrogens with two attached hydrogens (primary N) is 1. The van der Waals surface area contributed by atoms with Crippen LogP contribution in [0.15, 0.2) is 34.7 Å².